The van der Waals surface area contributed by atoms with E-state index in [9.17, 15) is 13.2 Å². The molecule has 0 aliphatic heterocycles. The van der Waals surface area contributed by atoms with Gasteiger partial charge in [0.05, 0.1) is 11.6 Å². The minimum absolute atomic E-state index is 0.0204. The molecule has 2 nitrogen and oxygen atoms in total. The first-order chi connectivity index (χ1) is 10.1. The maximum Gasteiger partial charge on any atom is 0.161 e. The number of benzene rings is 1. The van der Waals surface area contributed by atoms with Gasteiger partial charge >= 0.3 is 0 Å². The molecule has 1 aromatic carbocycles. The van der Waals surface area contributed by atoms with Crippen LogP contribution < -0.4 is 5.32 Å². The second kappa shape index (κ2) is 6.80. The molecule has 114 valence electrons. The first-order valence-corrected chi connectivity index (χ1v) is 7.04. The molecule has 0 fully saturated rings. The topological polar surface area (TPSA) is 25.2 Å². The third-order valence-corrected chi connectivity index (χ3v) is 3.29. The van der Waals surface area contributed by atoms with Crippen LogP contribution in [-0.2, 0) is 0 Å². The number of nitrogens with one attached hydrogen (secondary N) is 1. The first-order valence-electron chi connectivity index (χ1n) is 7.04. The summed E-state index contributed by atoms with van der Waals surface area (Å²) in [6.07, 6.45) is 1.80. The van der Waals surface area contributed by atoms with E-state index in [2.05, 4.69) is 12.2 Å². The molecular weight excluding hydrogens is 279 g/mol. The number of rotatable bonds is 6. The summed E-state index contributed by atoms with van der Waals surface area (Å²) in [4.78, 5) is 0. The molecule has 0 radical (unpaired) electrons. The van der Waals surface area contributed by atoms with Gasteiger partial charge in [0.2, 0.25) is 0 Å². The van der Waals surface area contributed by atoms with Crippen molar-refractivity contribution in [2.24, 2.45) is 0 Å². The molecule has 1 N–H and O–H groups in total. The highest BCUT2D eigenvalue weighted by atomic mass is 19.2. The van der Waals surface area contributed by atoms with E-state index >= 15 is 0 Å². The Hall–Kier alpha value is -1.75. The summed E-state index contributed by atoms with van der Waals surface area (Å²) in [5.74, 6) is -2.30. The van der Waals surface area contributed by atoms with Crippen LogP contribution in [0.3, 0.4) is 0 Å². The van der Waals surface area contributed by atoms with Crippen molar-refractivity contribution in [1.82, 2.24) is 5.32 Å². The molecule has 1 unspecified atom stereocenters. The maximum absolute atomic E-state index is 13.7. The number of halogens is 3. The minimum Gasteiger partial charge on any atom is -0.459 e. The van der Waals surface area contributed by atoms with Gasteiger partial charge in [0.25, 0.3) is 0 Å². The van der Waals surface area contributed by atoms with E-state index < -0.39 is 17.5 Å². The molecule has 0 aliphatic rings. The van der Waals surface area contributed by atoms with Crippen LogP contribution in [0.4, 0.5) is 13.2 Å². The lowest BCUT2D eigenvalue weighted by Crippen LogP contribution is -2.20. The predicted octanol–water partition coefficient (Wildman–Crippen LogP) is 4.81. The molecule has 0 bridgehead atoms. The minimum atomic E-state index is -1.21. The highest BCUT2D eigenvalue weighted by Crippen LogP contribution is 2.29. The van der Waals surface area contributed by atoms with Crippen LogP contribution in [0.2, 0.25) is 0 Å². The number of furan rings is 1. The zero-order valence-electron chi connectivity index (χ0n) is 12.1. The van der Waals surface area contributed by atoms with Gasteiger partial charge in [0.1, 0.15) is 17.3 Å². The van der Waals surface area contributed by atoms with Gasteiger partial charge in [0.15, 0.2) is 11.6 Å². The van der Waals surface area contributed by atoms with Crippen LogP contribution in [0.25, 0.3) is 11.3 Å². The Kier molecular flexibility index (Phi) is 5.07. The normalized spacial score (nSPS) is 12.6. The van der Waals surface area contributed by atoms with Gasteiger partial charge in [-0.15, -0.1) is 0 Å². The van der Waals surface area contributed by atoms with Crippen LogP contribution >= 0.6 is 0 Å². The second-order valence-electron chi connectivity index (χ2n) is 4.86. The fraction of sp³-hybridized carbons (Fsp3) is 0.375. The van der Waals surface area contributed by atoms with Crippen LogP contribution in [0.5, 0.6) is 0 Å². The summed E-state index contributed by atoms with van der Waals surface area (Å²) in [7, 11) is 0. The Labute approximate surface area is 122 Å². The molecule has 2 rings (SSSR count). The van der Waals surface area contributed by atoms with Crippen molar-refractivity contribution >= 4 is 0 Å². The van der Waals surface area contributed by atoms with Crippen molar-refractivity contribution in [2.75, 3.05) is 6.54 Å². The summed E-state index contributed by atoms with van der Waals surface area (Å²) in [5.41, 5.74) is -0.0782. The largest absolute Gasteiger partial charge is 0.459 e. The molecule has 1 heterocycles. The van der Waals surface area contributed by atoms with Gasteiger partial charge in [-0.2, -0.15) is 0 Å². The third kappa shape index (κ3) is 3.47. The van der Waals surface area contributed by atoms with Crippen molar-refractivity contribution in [2.45, 2.75) is 32.7 Å². The van der Waals surface area contributed by atoms with Gasteiger partial charge < -0.3 is 9.73 Å². The summed E-state index contributed by atoms with van der Waals surface area (Å²) in [6, 6.07) is 4.66. The average molecular weight is 297 g/mol. The molecule has 1 atom stereocenters. The average Bonchev–Trinajstić information content (AvgIpc) is 2.93. The van der Waals surface area contributed by atoms with E-state index in [0.717, 1.165) is 25.5 Å². The fourth-order valence-corrected chi connectivity index (χ4v) is 2.16. The molecule has 1 aromatic heterocycles. The fourth-order valence-electron chi connectivity index (χ4n) is 2.16. The zero-order chi connectivity index (χ0) is 15.4. The molecule has 0 saturated carbocycles. The second-order valence-corrected chi connectivity index (χ2v) is 4.86. The highest BCUT2D eigenvalue weighted by Gasteiger charge is 2.17. The van der Waals surface area contributed by atoms with Gasteiger partial charge in [-0.1, -0.05) is 13.8 Å². The Balaban J connectivity index is 2.29. The zero-order valence-corrected chi connectivity index (χ0v) is 12.1. The predicted molar refractivity (Wildman–Crippen MR) is 75.3 cm³/mol. The standard InChI is InChI=1S/C16H18F3NO/c1-3-7-20-14(4-2)16-6-5-15(21-16)10-8-12(18)13(19)9-11(10)17/h5-6,8-9,14,20H,3-4,7H2,1-2H3. The SMILES string of the molecule is CCCNC(CC)c1ccc(-c2cc(F)c(F)cc2F)o1. The first kappa shape index (κ1) is 15.6. The van der Waals surface area contributed by atoms with Crippen LogP contribution in [0, 0.1) is 17.5 Å². The van der Waals surface area contributed by atoms with E-state index in [1.807, 2.05) is 6.92 Å². The summed E-state index contributed by atoms with van der Waals surface area (Å²) < 4.78 is 45.5. The molecular formula is C16H18F3NO. The Morgan fingerprint density at radius 2 is 1.76 bits per heavy atom. The van der Waals surface area contributed by atoms with Crippen LogP contribution in [0.1, 0.15) is 38.5 Å². The molecule has 21 heavy (non-hydrogen) atoms. The molecule has 0 spiro atoms. The number of hydrogen-bond donors (Lipinski definition) is 1. The Morgan fingerprint density at radius 1 is 1.05 bits per heavy atom. The monoisotopic (exact) mass is 297 g/mol. The lowest BCUT2D eigenvalue weighted by atomic mass is 10.1. The molecule has 5 heteroatoms. The van der Waals surface area contributed by atoms with Crippen molar-refractivity contribution in [3.8, 4) is 11.3 Å². The van der Waals surface area contributed by atoms with Crippen molar-refractivity contribution in [3.63, 3.8) is 0 Å². The van der Waals surface area contributed by atoms with E-state index in [0.29, 0.717) is 11.8 Å². The van der Waals surface area contributed by atoms with Gasteiger partial charge in [0, 0.05) is 6.07 Å². The molecule has 0 amide bonds. The van der Waals surface area contributed by atoms with Crippen LogP contribution in [0.15, 0.2) is 28.7 Å². The quantitative estimate of drug-likeness (QED) is 0.774. The Bertz CT molecular complexity index is 610. The lowest BCUT2D eigenvalue weighted by Gasteiger charge is -2.13. The third-order valence-electron chi connectivity index (χ3n) is 3.29. The smallest absolute Gasteiger partial charge is 0.161 e. The highest BCUT2D eigenvalue weighted by molar-refractivity contribution is 5.58. The van der Waals surface area contributed by atoms with Gasteiger partial charge in [-0.05, 0) is 37.6 Å². The summed E-state index contributed by atoms with van der Waals surface area (Å²) in [5, 5.41) is 3.31. The summed E-state index contributed by atoms with van der Waals surface area (Å²) >= 11 is 0. The van der Waals surface area contributed by atoms with Crippen molar-refractivity contribution in [3.05, 3.63) is 47.5 Å². The van der Waals surface area contributed by atoms with E-state index in [1.54, 1.807) is 12.1 Å². The van der Waals surface area contributed by atoms with E-state index in [4.69, 9.17) is 4.42 Å². The molecule has 0 aliphatic carbocycles. The van der Waals surface area contributed by atoms with E-state index in [1.165, 1.54) is 0 Å². The van der Waals surface area contributed by atoms with E-state index in [-0.39, 0.29) is 17.4 Å². The molecule has 2 aromatic rings. The maximum atomic E-state index is 13.7. The van der Waals surface area contributed by atoms with Gasteiger partial charge in [-0.25, -0.2) is 13.2 Å². The van der Waals surface area contributed by atoms with Gasteiger partial charge in [-0.3, -0.25) is 0 Å². The lowest BCUT2D eigenvalue weighted by molar-refractivity contribution is 0.409. The van der Waals surface area contributed by atoms with Crippen molar-refractivity contribution < 1.29 is 17.6 Å². The van der Waals surface area contributed by atoms with Crippen molar-refractivity contribution in [1.29, 1.82) is 0 Å². The Morgan fingerprint density at radius 3 is 2.43 bits per heavy atom. The number of hydrogen-bond acceptors (Lipinski definition) is 2. The van der Waals surface area contributed by atoms with Crippen LogP contribution in [-0.4, -0.2) is 6.54 Å². The molecule has 0 saturated heterocycles. The summed E-state index contributed by atoms with van der Waals surface area (Å²) in [6.45, 7) is 4.91.